The third-order valence-corrected chi connectivity index (χ3v) is 5.16. The van der Waals surface area contributed by atoms with Gasteiger partial charge in [-0.05, 0) is 44.4 Å². The molecule has 2 saturated carbocycles. The predicted molar refractivity (Wildman–Crippen MR) is 75.3 cm³/mol. The molecule has 2 atom stereocenters. The van der Waals surface area contributed by atoms with Crippen molar-refractivity contribution in [2.75, 3.05) is 0 Å². The molecule has 2 rings (SSSR count). The molecule has 2 unspecified atom stereocenters. The summed E-state index contributed by atoms with van der Waals surface area (Å²) in [5, 5.41) is 3.26. The van der Waals surface area contributed by atoms with E-state index in [4.69, 9.17) is 0 Å². The fraction of sp³-hybridized carbons (Fsp3) is 0.812. The fourth-order valence-corrected chi connectivity index (χ4v) is 3.87. The van der Waals surface area contributed by atoms with E-state index < -0.39 is 0 Å². The number of amides is 1. The number of carbonyl (C=O) groups excluding carboxylic acids is 1. The lowest BCUT2D eigenvalue weighted by molar-refractivity contribution is -0.119. The highest BCUT2D eigenvalue weighted by molar-refractivity contribution is 5.92. The van der Waals surface area contributed by atoms with Gasteiger partial charge in [0.05, 0.1) is 0 Å². The molecule has 0 radical (unpaired) electrons. The number of carbonyl (C=O) groups is 1. The number of hydrogen-bond donors (Lipinski definition) is 1. The molecule has 1 amide bonds. The van der Waals surface area contributed by atoms with Gasteiger partial charge in [-0.3, -0.25) is 4.79 Å². The Morgan fingerprint density at radius 2 is 1.94 bits per heavy atom. The van der Waals surface area contributed by atoms with E-state index in [1.165, 1.54) is 38.5 Å². The Kier molecular flexibility index (Phi) is 4.14. The van der Waals surface area contributed by atoms with Crippen molar-refractivity contribution < 1.29 is 4.79 Å². The third-order valence-electron chi connectivity index (χ3n) is 5.16. The summed E-state index contributed by atoms with van der Waals surface area (Å²) in [5.41, 5.74) is 0.690. The summed E-state index contributed by atoms with van der Waals surface area (Å²) >= 11 is 0. The van der Waals surface area contributed by atoms with Gasteiger partial charge in [-0.25, -0.2) is 0 Å². The Bertz CT molecular complexity index is 330. The van der Waals surface area contributed by atoms with Gasteiger partial charge in [-0.15, -0.1) is 0 Å². The standard InChI is InChI=1S/C16H27NO/c1-4-16(17-15(18)12(2)3)10-9-14(11-16)13-7-5-6-8-13/h13-14H,2,4-11H2,1,3H3,(H,17,18). The summed E-state index contributed by atoms with van der Waals surface area (Å²) in [4.78, 5) is 11.9. The van der Waals surface area contributed by atoms with Gasteiger partial charge in [0.15, 0.2) is 0 Å². The van der Waals surface area contributed by atoms with Crippen molar-refractivity contribution in [3.63, 3.8) is 0 Å². The molecule has 0 aromatic rings. The van der Waals surface area contributed by atoms with Crippen LogP contribution in [0.15, 0.2) is 12.2 Å². The molecule has 2 heteroatoms. The van der Waals surface area contributed by atoms with E-state index in [1.807, 2.05) is 0 Å². The van der Waals surface area contributed by atoms with Gasteiger partial charge in [-0.2, -0.15) is 0 Å². The molecule has 0 saturated heterocycles. The molecule has 2 aliphatic rings. The van der Waals surface area contributed by atoms with Crippen LogP contribution in [0.1, 0.15) is 65.2 Å². The first kappa shape index (κ1) is 13.6. The monoisotopic (exact) mass is 249 g/mol. The highest BCUT2D eigenvalue weighted by Gasteiger charge is 2.42. The second kappa shape index (κ2) is 5.46. The average molecular weight is 249 g/mol. The Hall–Kier alpha value is -0.790. The first-order valence-electron chi connectivity index (χ1n) is 7.54. The van der Waals surface area contributed by atoms with E-state index in [1.54, 1.807) is 6.92 Å². The van der Waals surface area contributed by atoms with E-state index in [0.717, 1.165) is 24.7 Å². The minimum atomic E-state index is 0.0453. The van der Waals surface area contributed by atoms with Crippen LogP contribution in [0.3, 0.4) is 0 Å². The van der Waals surface area contributed by atoms with Crippen LogP contribution in [0.5, 0.6) is 0 Å². The molecule has 2 nitrogen and oxygen atoms in total. The Morgan fingerprint density at radius 3 is 2.50 bits per heavy atom. The molecule has 0 bridgehead atoms. The second-order valence-electron chi connectivity index (χ2n) is 6.42. The topological polar surface area (TPSA) is 29.1 Å². The van der Waals surface area contributed by atoms with Crippen molar-refractivity contribution in [1.82, 2.24) is 5.32 Å². The normalized spacial score (nSPS) is 32.7. The van der Waals surface area contributed by atoms with Crippen LogP contribution in [0.2, 0.25) is 0 Å². The first-order chi connectivity index (χ1) is 8.56. The van der Waals surface area contributed by atoms with Gasteiger partial charge >= 0.3 is 0 Å². The van der Waals surface area contributed by atoms with Crippen molar-refractivity contribution in [3.05, 3.63) is 12.2 Å². The Balaban J connectivity index is 1.97. The summed E-state index contributed by atoms with van der Waals surface area (Å²) in [7, 11) is 0. The molecule has 0 aromatic heterocycles. The van der Waals surface area contributed by atoms with Gasteiger partial charge in [0.2, 0.25) is 5.91 Å². The molecule has 0 heterocycles. The lowest BCUT2D eigenvalue weighted by Crippen LogP contribution is -2.46. The zero-order valence-electron chi connectivity index (χ0n) is 11.9. The maximum atomic E-state index is 11.9. The Labute approximate surface area is 111 Å². The molecular formula is C16H27NO. The highest BCUT2D eigenvalue weighted by atomic mass is 16.1. The molecular weight excluding hydrogens is 222 g/mol. The van der Waals surface area contributed by atoms with Crippen LogP contribution >= 0.6 is 0 Å². The molecule has 0 spiro atoms. The summed E-state index contributed by atoms with van der Waals surface area (Å²) in [5.74, 6) is 1.82. The number of hydrogen-bond acceptors (Lipinski definition) is 1. The molecule has 2 fully saturated rings. The molecule has 1 N–H and O–H groups in total. The zero-order valence-corrected chi connectivity index (χ0v) is 11.9. The third kappa shape index (κ3) is 2.78. The molecule has 0 aliphatic heterocycles. The molecule has 2 aliphatic carbocycles. The number of rotatable bonds is 4. The fourth-order valence-electron chi connectivity index (χ4n) is 3.87. The molecule has 18 heavy (non-hydrogen) atoms. The largest absolute Gasteiger partial charge is 0.347 e. The predicted octanol–water partition coefficient (Wildman–Crippen LogP) is 3.82. The summed E-state index contributed by atoms with van der Waals surface area (Å²) in [6.45, 7) is 7.74. The van der Waals surface area contributed by atoms with Crippen molar-refractivity contribution in [3.8, 4) is 0 Å². The zero-order chi connectivity index (χ0) is 13.2. The molecule has 0 aromatic carbocycles. The van der Waals surface area contributed by atoms with Crippen LogP contribution in [-0.4, -0.2) is 11.4 Å². The van der Waals surface area contributed by atoms with Gasteiger partial charge in [-0.1, -0.05) is 39.2 Å². The van der Waals surface area contributed by atoms with Crippen molar-refractivity contribution in [2.24, 2.45) is 11.8 Å². The van der Waals surface area contributed by atoms with E-state index >= 15 is 0 Å². The van der Waals surface area contributed by atoms with Gasteiger partial charge in [0.25, 0.3) is 0 Å². The van der Waals surface area contributed by atoms with E-state index in [-0.39, 0.29) is 11.4 Å². The first-order valence-corrected chi connectivity index (χ1v) is 7.54. The summed E-state index contributed by atoms with van der Waals surface area (Å²) in [6, 6.07) is 0. The lowest BCUT2D eigenvalue weighted by Gasteiger charge is -2.30. The summed E-state index contributed by atoms with van der Waals surface area (Å²) in [6.07, 6.45) is 10.4. The second-order valence-corrected chi connectivity index (χ2v) is 6.42. The van der Waals surface area contributed by atoms with Crippen LogP contribution in [0, 0.1) is 11.8 Å². The van der Waals surface area contributed by atoms with Crippen molar-refractivity contribution in [2.45, 2.75) is 70.8 Å². The van der Waals surface area contributed by atoms with Crippen LogP contribution in [-0.2, 0) is 4.79 Å². The van der Waals surface area contributed by atoms with E-state index in [0.29, 0.717) is 5.57 Å². The average Bonchev–Trinajstić information content (AvgIpc) is 2.97. The molecule has 102 valence electrons. The van der Waals surface area contributed by atoms with Crippen LogP contribution in [0.25, 0.3) is 0 Å². The van der Waals surface area contributed by atoms with E-state index in [9.17, 15) is 4.79 Å². The van der Waals surface area contributed by atoms with Crippen LogP contribution < -0.4 is 5.32 Å². The minimum Gasteiger partial charge on any atom is -0.347 e. The van der Waals surface area contributed by atoms with Crippen LogP contribution in [0.4, 0.5) is 0 Å². The van der Waals surface area contributed by atoms with Gasteiger partial charge in [0.1, 0.15) is 0 Å². The van der Waals surface area contributed by atoms with Crippen molar-refractivity contribution in [1.29, 1.82) is 0 Å². The summed E-state index contributed by atoms with van der Waals surface area (Å²) < 4.78 is 0. The van der Waals surface area contributed by atoms with Gasteiger partial charge in [0, 0.05) is 11.1 Å². The minimum absolute atomic E-state index is 0.0453. The maximum Gasteiger partial charge on any atom is 0.246 e. The smallest absolute Gasteiger partial charge is 0.246 e. The quantitative estimate of drug-likeness (QED) is 0.754. The lowest BCUT2D eigenvalue weighted by atomic mass is 9.86. The van der Waals surface area contributed by atoms with Crippen molar-refractivity contribution >= 4 is 5.91 Å². The SMILES string of the molecule is C=C(C)C(=O)NC1(CC)CCC(C2CCCC2)C1. The highest BCUT2D eigenvalue weighted by Crippen LogP contribution is 2.45. The number of nitrogens with one attached hydrogen (secondary N) is 1. The van der Waals surface area contributed by atoms with E-state index in [2.05, 4.69) is 18.8 Å². The van der Waals surface area contributed by atoms with Gasteiger partial charge < -0.3 is 5.32 Å². The Morgan fingerprint density at radius 1 is 1.28 bits per heavy atom. The maximum absolute atomic E-state index is 11.9.